The zero-order valence-corrected chi connectivity index (χ0v) is 14.1. The SMILES string of the molecule is CCCn1c(/C=N/Nc2nc3ccccc3s2)nc2ccccc21. The summed E-state index contributed by atoms with van der Waals surface area (Å²) in [5.41, 5.74) is 6.14. The van der Waals surface area contributed by atoms with E-state index in [9.17, 15) is 0 Å². The maximum atomic E-state index is 4.66. The number of nitrogens with zero attached hydrogens (tertiary/aromatic N) is 4. The molecule has 0 atom stereocenters. The molecule has 4 rings (SSSR count). The van der Waals surface area contributed by atoms with Gasteiger partial charge in [-0.2, -0.15) is 5.10 Å². The predicted octanol–water partition coefficient (Wildman–Crippen LogP) is 4.50. The molecule has 0 amide bonds. The number of benzene rings is 2. The number of hydrogen-bond donors (Lipinski definition) is 1. The summed E-state index contributed by atoms with van der Waals surface area (Å²) in [4.78, 5) is 9.17. The molecule has 0 saturated heterocycles. The first-order valence-electron chi connectivity index (χ1n) is 7.95. The van der Waals surface area contributed by atoms with Crippen molar-refractivity contribution < 1.29 is 0 Å². The number of rotatable bonds is 5. The normalized spacial score (nSPS) is 11.7. The number of fused-ring (bicyclic) bond motifs is 2. The summed E-state index contributed by atoms with van der Waals surface area (Å²) < 4.78 is 3.34. The summed E-state index contributed by atoms with van der Waals surface area (Å²) in [6, 6.07) is 16.2. The van der Waals surface area contributed by atoms with Crippen molar-refractivity contribution >= 4 is 43.9 Å². The van der Waals surface area contributed by atoms with Crippen LogP contribution in [-0.2, 0) is 6.54 Å². The van der Waals surface area contributed by atoms with Gasteiger partial charge >= 0.3 is 0 Å². The van der Waals surface area contributed by atoms with Gasteiger partial charge in [0.1, 0.15) is 0 Å². The van der Waals surface area contributed by atoms with Crippen molar-refractivity contribution in [2.24, 2.45) is 5.10 Å². The molecule has 2 aromatic carbocycles. The quantitative estimate of drug-likeness (QED) is 0.431. The van der Waals surface area contributed by atoms with Crippen LogP contribution in [0.25, 0.3) is 21.3 Å². The maximum absolute atomic E-state index is 4.66. The molecule has 0 fully saturated rings. The zero-order chi connectivity index (χ0) is 16.4. The Hall–Kier alpha value is -2.73. The highest BCUT2D eigenvalue weighted by Gasteiger charge is 2.07. The van der Waals surface area contributed by atoms with Crippen LogP contribution in [0.1, 0.15) is 19.2 Å². The summed E-state index contributed by atoms with van der Waals surface area (Å²) >= 11 is 1.59. The smallest absolute Gasteiger partial charge is 0.204 e. The van der Waals surface area contributed by atoms with E-state index >= 15 is 0 Å². The summed E-state index contributed by atoms with van der Waals surface area (Å²) in [5, 5.41) is 5.12. The Morgan fingerprint density at radius 3 is 2.71 bits per heavy atom. The summed E-state index contributed by atoms with van der Waals surface area (Å²) in [6.07, 6.45) is 2.81. The number of imidazole rings is 1. The number of anilines is 1. The van der Waals surface area contributed by atoms with E-state index in [1.165, 1.54) is 0 Å². The second-order valence-corrected chi connectivity index (χ2v) is 6.50. The average Bonchev–Trinajstić information content (AvgIpc) is 3.17. The minimum Gasteiger partial charge on any atom is -0.323 e. The van der Waals surface area contributed by atoms with Gasteiger partial charge in [-0.15, -0.1) is 0 Å². The highest BCUT2D eigenvalue weighted by molar-refractivity contribution is 7.22. The molecule has 0 aliphatic heterocycles. The Kier molecular flexibility index (Phi) is 3.96. The van der Waals surface area contributed by atoms with Crippen LogP contribution in [0.4, 0.5) is 5.13 Å². The van der Waals surface area contributed by atoms with E-state index in [0.29, 0.717) is 0 Å². The Labute approximate surface area is 143 Å². The van der Waals surface area contributed by atoms with Crippen molar-refractivity contribution in [2.75, 3.05) is 5.43 Å². The lowest BCUT2D eigenvalue weighted by Gasteiger charge is -2.03. The predicted molar refractivity (Wildman–Crippen MR) is 101 cm³/mol. The highest BCUT2D eigenvalue weighted by Crippen LogP contribution is 2.25. The number of hydrazone groups is 1. The van der Waals surface area contributed by atoms with E-state index in [-0.39, 0.29) is 0 Å². The molecule has 2 aromatic heterocycles. The molecular formula is C18H17N5S. The van der Waals surface area contributed by atoms with Crippen LogP contribution < -0.4 is 5.43 Å². The molecule has 0 unspecified atom stereocenters. The number of para-hydroxylation sites is 3. The monoisotopic (exact) mass is 335 g/mol. The molecule has 5 nitrogen and oxygen atoms in total. The van der Waals surface area contributed by atoms with E-state index in [1.54, 1.807) is 17.6 Å². The van der Waals surface area contributed by atoms with Crippen molar-refractivity contribution in [2.45, 2.75) is 19.9 Å². The standard InChI is InChI=1S/C18H17N5S/c1-2-11-23-15-9-5-3-7-13(15)20-17(23)12-19-22-18-21-14-8-4-6-10-16(14)24-18/h3-10,12H,2,11H2,1H3,(H,21,22)/b19-12+. The lowest BCUT2D eigenvalue weighted by Crippen LogP contribution is -2.03. The molecular weight excluding hydrogens is 318 g/mol. The van der Waals surface area contributed by atoms with E-state index in [1.807, 2.05) is 36.4 Å². The van der Waals surface area contributed by atoms with Crippen LogP contribution in [0.3, 0.4) is 0 Å². The van der Waals surface area contributed by atoms with Gasteiger partial charge in [0.25, 0.3) is 0 Å². The molecule has 120 valence electrons. The lowest BCUT2D eigenvalue weighted by molar-refractivity contribution is 0.693. The van der Waals surface area contributed by atoms with Gasteiger partial charge in [0.15, 0.2) is 5.82 Å². The largest absolute Gasteiger partial charge is 0.323 e. The third-order valence-corrected chi connectivity index (χ3v) is 4.71. The maximum Gasteiger partial charge on any atom is 0.204 e. The van der Waals surface area contributed by atoms with Gasteiger partial charge in [-0.05, 0) is 30.7 Å². The third-order valence-electron chi connectivity index (χ3n) is 3.77. The van der Waals surface area contributed by atoms with Gasteiger partial charge < -0.3 is 4.57 Å². The van der Waals surface area contributed by atoms with Crippen LogP contribution >= 0.6 is 11.3 Å². The van der Waals surface area contributed by atoms with Crippen LogP contribution in [0.2, 0.25) is 0 Å². The average molecular weight is 335 g/mol. The Balaban J connectivity index is 1.61. The van der Waals surface area contributed by atoms with Gasteiger partial charge in [0, 0.05) is 6.54 Å². The summed E-state index contributed by atoms with van der Waals surface area (Å²) in [5.74, 6) is 0.853. The topological polar surface area (TPSA) is 55.1 Å². The first-order chi connectivity index (χ1) is 11.8. The first-order valence-corrected chi connectivity index (χ1v) is 8.76. The molecule has 0 radical (unpaired) electrons. The number of aromatic nitrogens is 3. The Morgan fingerprint density at radius 2 is 1.88 bits per heavy atom. The van der Waals surface area contributed by atoms with Crippen LogP contribution in [0, 0.1) is 0 Å². The van der Waals surface area contributed by atoms with Crippen LogP contribution in [0.15, 0.2) is 53.6 Å². The van der Waals surface area contributed by atoms with Gasteiger partial charge in [0.05, 0.1) is 27.5 Å². The van der Waals surface area contributed by atoms with Gasteiger partial charge in [0.2, 0.25) is 5.13 Å². The zero-order valence-electron chi connectivity index (χ0n) is 13.3. The molecule has 0 spiro atoms. The van der Waals surface area contributed by atoms with Gasteiger partial charge in [-0.3, -0.25) is 5.43 Å². The Morgan fingerprint density at radius 1 is 1.08 bits per heavy atom. The molecule has 24 heavy (non-hydrogen) atoms. The molecule has 0 bridgehead atoms. The number of nitrogens with one attached hydrogen (secondary N) is 1. The van der Waals surface area contributed by atoms with Crippen molar-refractivity contribution in [1.29, 1.82) is 0 Å². The van der Waals surface area contributed by atoms with Crippen molar-refractivity contribution in [1.82, 2.24) is 14.5 Å². The fraction of sp³-hybridized carbons (Fsp3) is 0.167. The van der Waals surface area contributed by atoms with E-state index in [4.69, 9.17) is 0 Å². The fourth-order valence-corrected chi connectivity index (χ4v) is 3.53. The minimum atomic E-state index is 0.783. The Bertz CT molecular complexity index is 982. The molecule has 1 N–H and O–H groups in total. The second kappa shape index (κ2) is 6.41. The summed E-state index contributed by atoms with van der Waals surface area (Å²) in [6.45, 7) is 3.08. The van der Waals surface area contributed by atoms with Gasteiger partial charge in [-0.1, -0.05) is 42.5 Å². The molecule has 0 aliphatic rings. The molecule has 6 heteroatoms. The van der Waals surface area contributed by atoms with E-state index < -0.39 is 0 Å². The minimum absolute atomic E-state index is 0.783. The number of thiazole rings is 1. The van der Waals surface area contributed by atoms with Crippen molar-refractivity contribution in [3.05, 3.63) is 54.4 Å². The van der Waals surface area contributed by atoms with E-state index in [0.717, 1.165) is 45.2 Å². The van der Waals surface area contributed by atoms with Gasteiger partial charge in [-0.25, -0.2) is 9.97 Å². The molecule has 0 aliphatic carbocycles. The third kappa shape index (κ3) is 2.76. The molecule has 2 heterocycles. The van der Waals surface area contributed by atoms with Crippen LogP contribution in [0.5, 0.6) is 0 Å². The lowest BCUT2D eigenvalue weighted by atomic mass is 10.3. The van der Waals surface area contributed by atoms with Crippen molar-refractivity contribution in [3.63, 3.8) is 0 Å². The van der Waals surface area contributed by atoms with Crippen LogP contribution in [-0.4, -0.2) is 20.7 Å². The number of hydrogen-bond acceptors (Lipinski definition) is 5. The second-order valence-electron chi connectivity index (χ2n) is 5.47. The molecule has 0 saturated carbocycles. The van der Waals surface area contributed by atoms with E-state index in [2.05, 4.69) is 44.1 Å². The summed E-state index contributed by atoms with van der Waals surface area (Å²) in [7, 11) is 0. The fourth-order valence-electron chi connectivity index (χ4n) is 2.72. The molecule has 4 aromatic rings. The van der Waals surface area contributed by atoms with Crippen molar-refractivity contribution in [3.8, 4) is 0 Å². The highest BCUT2D eigenvalue weighted by atomic mass is 32.1. The number of aryl methyl sites for hydroxylation is 1. The first kappa shape index (κ1) is 14.8.